The summed E-state index contributed by atoms with van der Waals surface area (Å²) in [6, 6.07) is 1.16. The fourth-order valence-corrected chi connectivity index (χ4v) is 3.15. The van der Waals surface area contributed by atoms with E-state index in [1.165, 1.54) is 12.8 Å². The van der Waals surface area contributed by atoms with Crippen molar-refractivity contribution in [1.29, 1.82) is 0 Å². The molecule has 20 heavy (non-hydrogen) atoms. The molecule has 3 atom stereocenters. The Balaban J connectivity index is 2.04. The molecule has 1 heterocycles. The lowest BCUT2D eigenvalue weighted by atomic mass is 10.0. The molecule has 0 bridgehead atoms. The summed E-state index contributed by atoms with van der Waals surface area (Å²) in [6.07, 6.45) is 2.81. The predicted octanol–water partition coefficient (Wildman–Crippen LogP) is 1.91. The summed E-state index contributed by atoms with van der Waals surface area (Å²) in [5.41, 5.74) is 0. The molecule has 116 valence electrons. The van der Waals surface area contributed by atoms with Gasteiger partial charge in [0, 0.05) is 18.6 Å². The second-order valence-electron chi connectivity index (χ2n) is 7.31. The number of carbonyl (C=O) groups is 1. The summed E-state index contributed by atoms with van der Waals surface area (Å²) in [7, 11) is 2.20. The van der Waals surface area contributed by atoms with Gasteiger partial charge in [-0.15, -0.1) is 0 Å². The summed E-state index contributed by atoms with van der Waals surface area (Å²) in [6.45, 7) is 11.7. The highest BCUT2D eigenvalue weighted by molar-refractivity contribution is 5.84. The molecular formula is C16H31N3O. The molecule has 0 aromatic carbocycles. The summed E-state index contributed by atoms with van der Waals surface area (Å²) >= 11 is 0. The van der Waals surface area contributed by atoms with E-state index in [-0.39, 0.29) is 18.1 Å². The van der Waals surface area contributed by atoms with Crippen molar-refractivity contribution in [3.05, 3.63) is 0 Å². The fraction of sp³-hybridized carbons (Fsp3) is 0.938. The second kappa shape index (κ2) is 6.02. The van der Waals surface area contributed by atoms with Crippen LogP contribution < -0.4 is 5.32 Å². The van der Waals surface area contributed by atoms with Gasteiger partial charge in [-0.05, 0) is 38.6 Å². The molecule has 1 aliphatic heterocycles. The number of rotatable bonds is 6. The Hall–Kier alpha value is -0.610. The molecular weight excluding hydrogens is 250 g/mol. The smallest absolute Gasteiger partial charge is 0.241 e. The van der Waals surface area contributed by atoms with Crippen LogP contribution in [0.2, 0.25) is 0 Å². The zero-order valence-electron chi connectivity index (χ0n) is 13.9. The number of hydrogen-bond acceptors (Lipinski definition) is 3. The van der Waals surface area contributed by atoms with Gasteiger partial charge in [0.2, 0.25) is 5.91 Å². The molecule has 2 rings (SSSR count). The molecule has 0 radical (unpaired) electrons. The lowest BCUT2D eigenvalue weighted by Gasteiger charge is -2.33. The van der Waals surface area contributed by atoms with E-state index in [0.717, 1.165) is 12.6 Å². The van der Waals surface area contributed by atoms with Crippen LogP contribution in [0.5, 0.6) is 0 Å². The maximum Gasteiger partial charge on any atom is 0.241 e. The Morgan fingerprint density at radius 3 is 2.25 bits per heavy atom. The highest BCUT2D eigenvalue weighted by Gasteiger charge is 2.42. The summed E-state index contributed by atoms with van der Waals surface area (Å²) in [5, 5.41) is 3.54. The van der Waals surface area contributed by atoms with Gasteiger partial charge >= 0.3 is 0 Å². The van der Waals surface area contributed by atoms with Crippen LogP contribution in [0.15, 0.2) is 0 Å². The Morgan fingerprint density at radius 1 is 1.20 bits per heavy atom. The van der Waals surface area contributed by atoms with Crippen molar-refractivity contribution < 1.29 is 4.79 Å². The summed E-state index contributed by atoms with van der Waals surface area (Å²) < 4.78 is 0. The summed E-state index contributed by atoms with van der Waals surface area (Å²) in [4.78, 5) is 17.2. The van der Waals surface area contributed by atoms with Gasteiger partial charge in [0.1, 0.15) is 0 Å². The Bertz CT molecular complexity index is 352. The minimum atomic E-state index is -0.0131. The van der Waals surface area contributed by atoms with Gasteiger partial charge in [0.25, 0.3) is 0 Å². The zero-order chi connectivity index (χ0) is 15.0. The van der Waals surface area contributed by atoms with Crippen molar-refractivity contribution >= 4 is 5.91 Å². The standard InChI is InChI=1S/C16H31N3O/c1-10(2)14-16(20)19(15(17-14)11(3)4)9-12(5)18(6)13-7-8-13/h10-15,17H,7-9H2,1-6H3. The first-order chi connectivity index (χ1) is 9.32. The van der Waals surface area contributed by atoms with Crippen molar-refractivity contribution in [2.24, 2.45) is 11.8 Å². The van der Waals surface area contributed by atoms with Gasteiger partial charge in [-0.3, -0.25) is 15.0 Å². The number of nitrogens with zero attached hydrogens (tertiary/aromatic N) is 2. The van der Waals surface area contributed by atoms with Crippen LogP contribution in [-0.2, 0) is 4.79 Å². The molecule has 4 heteroatoms. The SMILES string of the molecule is CC(C)C1NC(C(C)C)N(CC(C)N(C)C2CC2)C1=O. The van der Waals surface area contributed by atoms with Gasteiger partial charge in [0.15, 0.2) is 0 Å². The predicted molar refractivity (Wildman–Crippen MR) is 82.3 cm³/mol. The van der Waals surface area contributed by atoms with Crippen molar-refractivity contribution in [1.82, 2.24) is 15.1 Å². The zero-order valence-corrected chi connectivity index (χ0v) is 13.9. The first-order valence-electron chi connectivity index (χ1n) is 8.11. The number of carbonyl (C=O) groups excluding carboxylic acids is 1. The van der Waals surface area contributed by atoms with Crippen LogP contribution in [0.1, 0.15) is 47.5 Å². The average molecular weight is 281 g/mol. The average Bonchev–Trinajstić information content (AvgIpc) is 3.15. The van der Waals surface area contributed by atoms with E-state index in [1.54, 1.807) is 0 Å². The maximum absolute atomic E-state index is 12.7. The number of nitrogens with one attached hydrogen (secondary N) is 1. The van der Waals surface area contributed by atoms with Crippen molar-refractivity contribution in [3.63, 3.8) is 0 Å². The minimum absolute atomic E-state index is 0.0131. The van der Waals surface area contributed by atoms with E-state index in [1.807, 2.05) is 0 Å². The third-order valence-corrected chi connectivity index (χ3v) is 4.81. The molecule has 4 nitrogen and oxygen atoms in total. The second-order valence-corrected chi connectivity index (χ2v) is 7.31. The van der Waals surface area contributed by atoms with Crippen LogP contribution in [0, 0.1) is 11.8 Å². The van der Waals surface area contributed by atoms with E-state index in [9.17, 15) is 4.79 Å². The van der Waals surface area contributed by atoms with Gasteiger partial charge in [-0.25, -0.2) is 0 Å². The fourth-order valence-electron chi connectivity index (χ4n) is 3.15. The van der Waals surface area contributed by atoms with Crippen molar-refractivity contribution in [2.45, 2.75) is 71.8 Å². The molecule has 2 fully saturated rings. The summed E-state index contributed by atoms with van der Waals surface area (Å²) in [5.74, 6) is 1.08. The van der Waals surface area contributed by atoms with Gasteiger partial charge in [0.05, 0.1) is 12.2 Å². The first-order valence-corrected chi connectivity index (χ1v) is 8.11. The first kappa shape index (κ1) is 15.8. The van der Waals surface area contributed by atoms with Crippen molar-refractivity contribution in [2.75, 3.05) is 13.6 Å². The molecule has 2 aliphatic rings. The Morgan fingerprint density at radius 2 is 1.80 bits per heavy atom. The van der Waals surface area contributed by atoms with E-state index in [2.05, 4.69) is 56.8 Å². The normalized spacial score (nSPS) is 29.1. The molecule has 1 amide bonds. The molecule has 0 aromatic heterocycles. The molecule has 1 saturated heterocycles. The highest BCUT2D eigenvalue weighted by Crippen LogP contribution is 2.28. The Kier molecular flexibility index (Phi) is 4.75. The molecule has 0 spiro atoms. The van der Waals surface area contributed by atoms with Crippen LogP contribution in [0.25, 0.3) is 0 Å². The van der Waals surface area contributed by atoms with Crippen molar-refractivity contribution in [3.8, 4) is 0 Å². The third-order valence-electron chi connectivity index (χ3n) is 4.81. The molecule has 1 saturated carbocycles. The molecule has 0 aromatic rings. The van der Waals surface area contributed by atoms with Gasteiger partial charge in [-0.2, -0.15) is 0 Å². The van der Waals surface area contributed by atoms with E-state index < -0.39 is 0 Å². The number of amides is 1. The lowest BCUT2D eigenvalue weighted by molar-refractivity contribution is -0.132. The third kappa shape index (κ3) is 3.17. The largest absolute Gasteiger partial charge is 0.324 e. The monoisotopic (exact) mass is 281 g/mol. The number of hydrogen-bond donors (Lipinski definition) is 1. The lowest BCUT2D eigenvalue weighted by Crippen LogP contribution is -2.48. The van der Waals surface area contributed by atoms with Gasteiger partial charge in [-0.1, -0.05) is 27.7 Å². The van der Waals surface area contributed by atoms with Crippen LogP contribution in [0.4, 0.5) is 0 Å². The molecule has 1 N–H and O–H groups in total. The highest BCUT2D eigenvalue weighted by atomic mass is 16.2. The van der Waals surface area contributed by atoms with Crippen LogP contribution in [0.3, 0.4) is 0 Å². The topological polar surface area (TPSA) is 35.6 Å². The molecule has 3 unspecified atom stereocenters. The van der Waals surface area contributed by atoms with E-state index in [4.69, 9.17) is 0 Å². The maximum atomic E-state index is 12.7. The quantitative estimate of drug-likeness (QED) is 0.808. The van der Waals surface area contributed by atoms with Crippen LogP contribution >= 0.6 is 0 Å². The van der Waals surface area contributed by atoms with Gasteiger partial charge < -0.3 is 4.90 Å². The van der Waals surface area contributed by atoms with E-state index in [0.29, 0.717) is 17.9 Å². The van der Waals surface area contributed by atoms with Crippen LogP contribution in [-0.4, -0.2) is 53.6 Å². The minimum Gasteiger partial charge on any atom is -0.324 e. The van der Waals surface area contributed by atoms with E-state index >= 15 is 0 Å². The molecule has 1 aliphatic carbocycles. The Labute approximate surface area is 123 Å². The number of likely N-dealkylation sites (N-methyl/N-ethyl adjacent to an activating group) is 1.